The van der Waals surface area contributed by atoms with Crippen LogP contribution in [-0.4, -0.2) is 154 Å². The first-order valence-corrected chi connectivity index (χ1v) is 46.9. The van der Waals surface area contributed by atoms with E-state index in [0.717, 1.165) is 136 Å². The lowest BCUT2D eigenvalue weighted by molar-refractivity contribution is -0.138. The summed E-state index contributed by atoms with van der Waals surface area (Å²) in [5.41, 5.74) is -9.18. The summed E-state index contributed by atoms with van der Waals surface area (Å²) in [6, 6.07) is 21.7. The monoisotopic (exact) mass is 2080 g/mol. The van der Waals surface area contributed by atoms with Crippen LogP contribution in [0.4, 0.5) is 52.7 Å². The summed E-state index contributed by atoms with van der Waals surface area (Å²) in [6.07, 6.45) is -18.8. The van der Waals surface area contributed by atoms with Crippen molar-refractivity contribution in [2.45, 2.75) is 203 Å². The number of benzene rings is 9. The van der Waals surface area contributed by atoms with Crippen LogP contribution in [0.2, 0.25) is 0 Å². The van der Waals surface area contributed by atoms with Crippen LogP contribution in [0.3, 0.4) is 0 Å². The van der Waals surface area contributed by atoms with E-state index in [1.54, 1.807) is 0 Å². The lowest BCUT2D eigenvalue weighted by atomic mass is 9.98. The summed E-state index contributed by atoms with van der Waals surface area (Å²) in [4.78, 5) is 95.9. The van der Waals surface area contributed by atoms with Crippen LogP contribution in [0.25, 0.3) is 33.4 Å². The Morgan fingerprint density at radius 1 is 0.424 bits per heavy atom. The number of alkyl halides is 9. The first kappa shape index (κ1) is 66.3. The Hall–Kier alpha value is -11.9. The number of fused-ring (bicyclic) bond motifs is 3. The smallest absolute Gasteiger partial charge is 0.336 e. The molecule has 3 aliphatic carbocycles. The van der Waals surface area contributed by atoms with Gasteiger partial charge in [0, 0.05) is 135 Å². The summed E-state index contributed by atoms with van der Waals surface area (Å²) in [6.45, 7) is -45.7. The quantitative estimate of drug-likeness (QED) is 0.0202. The zero-order valence-electron chi connectivity index (χ0n) is 119. The highest BCUT2D eigenvalue weighted by Gasteiger charge is 2.36. The van der Waals surface area contributed by atoms with Gasteiger partial charge in [-0.3, -0.25) is 28.8 Å². The molecule has 762 valence electrons. The van der Waals surface area contributed by atoms with Crippen LogP contribution >= 0.6 is 35.3 Å². The molecule has 0 radical (unpaired) electrons. The summed E-state index contributed by atoms with van der Waals surface area (Å²) in [5, 5.41) is -0.679. The van der Waals surface area contributed by atoms with Crippen molar-refractivity contribution in [1.29, 1.82) is 0 Å². The Balaban J connectivity index is 0.000000225. The number of nitrogens with zero attached hydrogens (tertiary/aromatic N) is 12. The third-order valence-corrected chi connectivity index (χ3v) is 25.2. The molecule has 0 saturated carbocycles. The first-order valence-electron chi connectivity index (χ1n) is 64.4. The highest BCUT2D eigenvalue weighted by atomic mass is 32.2. The van der Waals surface area contributed by atoms with Gasteiger partial charge in [-0.2, -0.15) is 54.5 Å². The number of thioether (sulfide) groups is 3. The van der Waals surface area contributed by atoms with Crippen molar-refractivity contribution in [1.82, 2.24) is 58.1 Å². The number of likely N-dealkylation sites (N-methyl/N-ethyl adjacent to an activating group) is 3. The highest BCUT2D eigenvalue weighted by molar-refractivity contribution is 7.98. The van der Waals surface area contributed by atoms with E-state index in [9.17, 15) is 96.5 Å². The van der Waals surface area contributed by atoms with E-state index in [2.05, 4.69) is 15.0 Å². The van der Waals surface area contributed by atoms with Crippen molar-refractivity contribution in [3.05, 3.63) is 350 Å². The maximum absolute atomic E-state index is 15.0. The largest absolute Gasteiger partial charge is 0.416 e. The van der Waals surface area contributed by atoms with Gasteiger partial charge >= 0.3 is 18.5 Å². The van der Waals surface area contributed by atoms with Crippen molar-refractivity contribution < 1.29 is 123 Å². The third kappa shape index (κ3) is 29.1. The van der Waals surface area contributed by atoms with E-state index in [1.165, 1.54) is 102 Å². The summed E-state index contributed by atoms with van der Waals surface area (Å²) in [5.74, 6) is -9.09. The lowest BCUT2D eigenvalue weighted by Crippen LogP contribution is -2.42. The van der Waals surface area contributed by atoms with Gasteiger partial charge in [0.05, 0.1) is 47.4 Å². The number of halogens is 12. The normalized spacial score (nSPS) is 20.6. The van der Waals surface area contributed by atoms with Crippen molar-refractivity contribution in [3.8, 4) is 33.4 Å². The van der Waals surface area contributed by atoms with Crippen molar-refractivity contribution in [3.63, 3.8) is 0 Å². The van der Waals surface area contributed by atoms with Gasteiger partial charge in [-0.15, -0.1) is 0 Å². The van der Waals surface area contributed by atoms with Crippen LogP contribution in [0.1, 0.15) is 220 Å². The van der Waals surface area contributed by atoms with Crippen molar-refractivity contribution in [2.24, 2.45) is 5.89 Å². The number of amides is 3. The molecule has 3 heterocycles. The number of carbonyl (C=O) groups is 3. The van der Waals surface area contributed by atoms with E-state index in [0.29, 0.717) is 109 Å². The van der Waals surface area contributed by atoms with E-state index in [4.69, 9.17) is 41.1 Å². The number of rotatable bonds is 39. The van der Waals surface area contributed by atoms with Gasteiger partial charge in [0.1, 0.15) is 37.1 Å². The van der Waals surface area contributed by atoms with E-state index in [1.807, 2.05) is 0 Å². The van der Waals surface area contributed by atoms with Gasteiger partial charge in [0.2, 0.25) is 17.7 Å². The Morgan fingerprint density at radius 2 is 0.771 bits per heavy atom. The minimum atomic E-state index is -5.24. The summed E-state index contributed by atoms with van der Waals surface area (Å²) >= 11 is 2.55. The summed E-state index contributed by atoms with van der Waals surface area (Å²) in [7, 11) is 0. The van der Waals surface area contributed by atoms with Gasteiger partial charge in [0.25, 0.3) is 16.7 Å². The molecule has 18 nitrogen and oxygen atoms in total. The molecule has 3 amide bonds. The molecular formula is C111H120F12N12O6S3. The second-order valence-corrected chi connectivity index (χ2v) is 34.4. The Morgan fingerprint density at radius 3 is 1.16 bits per heavy atom. The Kier molecular flexibility index (Phi) is 23.1. The van der Waals surface area contributed by atoms with Crippen LogP contribution in [0, 0.1) is 30.3 Å². The second-order valence-electron chi connectivity index (χ2n) is 31.6. The molecule has 12 aromatic rings. The van der Waals surface area contributed by atoms with Crippen LogP contribution in [0.15, 0.2) is 242 Å². The molecule has 3 aliphatic rings. The van der Waals surface area contributed by atoms with Crippen molar-refractivity contribution in [2.75, 3.05) is 78.0 Å². The molecule has 0 fully saturated rings. The molecule has 0 aliphatic heterocycles. The molecule has 15 rings (SSSR count). The zero-order valence-corrected chi connectivity index (χ0v) is 80.7. The van der Waals surface area contributed by atoms with Gasteiger partial charge in [-0.1, -0.05) is 229 Å². The van der Waals surface area contributed by atoms with E-state index >= 15 is 0 Å². The van der Waals surface area contributed by atoms with Gasteiger partial charge in [0.15, 0.2) is 15.5 Å². The van der Waals surface area contributed by atoms with Crippen molar-refractivity contribution >= 4 is 53.0 Å². The maximum Gasteiger partial charge on any atom is 0.416 e. The zero-order chi connectivity index (χ0) is 140. The Labute approximate surface area is 902 Å². The maximum atomic E-state index is 15.0. The minimum Gasteiger partial charge on any atom is -0.336 e. The Bertz CT molecular complexity index is 8690. The first-order chi connectivity index (χ1) is 84.1. The average molecular weight is 2080 g/mol. The lowest BCUT2D eigenvalue weighted by Gasteiger charge is -2.33. The van der Waals surface area contributed by atoms with Gasteiger partial charge < -0.3 is 43.1 Å². The van der Waals surface area contributed by atoms with Gasteiger partial charge in [-0.05, 0) is 249 Å². The molecule has 33 heteroatoms. The molecule has 2 unspecified atom stereocenters. The molecule has 144 heavy (non-hydrogen) atoms. The standard InChI is InChI=1S/3C37H40F4N4O2S/c1-4-43(5-2)18-19-44(22-26-6-10-28(11-7-26)29-12-14-30(15-13-29)37(39,40)41)34(46)23-45-33-21-25(3)20-32(33)35(47)42-36(45)48-24-27-8-16-31(38)17-9-27;1-4-43(5-2)21-22-44(25(3)27-11-13-28(14-12-27)29-15-17-30(18-16-29)37(39,40)41)34(46)23-45-33-8-6-7-32(33)35(47)42-36(45)48-24-26-9-19-31(38)20-10-26;1-4-43(5-2)19-20-44(22-26-9-13-28(14-10-26)29-15-18-32(25(3)21-29)37(39,40)41)34(46)23-45-33-8-6-7-31(33)35(47)42-36(45)48-24-27-11-16-30(38)17-12-27/h6-17,25H,4-5,18-24H2,1-3H3;9-20,25H,4-8,21-24H2,1-3H3;9-18,21H,4-8,19-20,22-24H2,1-3H3/i4D2,5D2,18D2,19D2,20D2,21D2,22D2,25D;4D2,5D2,21D2,22D2,25D;4D2,5D2,9D,10D,13D,14D,15D,18D,19D2,20D2,21D,22D2. The fourth-order valence-corrected chi connectivity index (χ4v) is 17.6. The predicted molar refractivity (Wildman–Crippen MR) is 544 cm³/mol. The predicted octanol–water partition coefficient (Wildman–Crippen LogP) is 22.8. The molecule has 0 spiro atoms. The van der Waals surface area contributed by atoms with Crippen LogP contribution in [-0.2, 0) is 121 Å². The minimum absolute atomic E-state index is 0.00921. The SMILES string of the molecule is [2H]C([2H])(C)N(C([2H])([2H])C)C([2H])([2H])C([2H])([2H])N(C(=O)Cn1c(SCc2ccc(F)cc2)nc(=O)c2c1C([2H])([2H])C([2H])(C)C2([2H])[2H])C([2H])([2H])c1ccc(-c2ccc(C(F)(F)F)cc2)cc1.[2H]C([2H])(C)N(C([2H])([2H])C)C([2H])([2H])C([2H])([2H])N(C(=O)Cn1c(SCc2ccc(F)cc2)nc(=O)c2c1CCC2)C([2H])(C)c1ccc(-c2ccc(C(F)(F)F)cc2)cc1.[2H]c1c([2H])c(C([2H])([2H])N(C(=O)Cn2c(SCc3ccc(F)cc3)nc(=O)c3c2CCC3)C([2H])([2H])C([2H])([2H])N(C([2H])([2H])C)C([2H])([2H])C)c([2H])c([2H])c1-c1c([2H])c([2H])c(C(F)(F)F)c(C)c1[2H]. The van der Waals surface area contributed by atoms with E-state index in [-0.39, 0.29) is 92.9 Å². The number of hydrogen-bond donors (Lipinski definition) is 0. The molecular weight excluding hydrogens is 1920 g/mol. The second kappa shape index (κ2) is 50.3. The number of aromatic nitrogens is 6. The fraction of sp³-hybridized carbons (Fsp3) is 0.378. The third-order valence-electron chi connectivity index (χ3n) is 22.0. The highest BCUT2D eigenvalue weighted by Crippen LogP contribution is 2.39. The molecule has 9 aromatic carbocycles. The topological polar surface area (TPSA) is 175 Å². The molecule has 2 atom stereocenters. The average Bonchev–Trinajstić information content (AvgIpc) is 1.52. The molecule has 0 saturated heterocycles. The molecule has 0 N–H and O–H groups in total. The molecule has 0 bridgehead atoms. The fourth-order valence-electron chi connectivity index (χ4n) is 14.7. The van der Waals surface area contributed by atoms with E-state index < -0.39 is 314 Å². The van der Waals surface area contributed by atoms with Crippen LogP contribution in [0.5, 0.6) is 0 Å². The number of carbonyl (C=O) groups excluding carboxylic acids is 3. The van der Waals surface area contributed by atoms with Gasteiger partial charge in [-0.25, -0.2) is 13.2 Å². The number of hydrogen-bond acceptors (Lipinski definition) is 15. The molecule has 3 aromatic heterocycles. The van der Waals surface area contributed by atoms with Crippen LogP contribution < -0.4 is 16.7 Å². The summed E-state index contributed by atoms with van der Waals surface area (Å²) < 4.78 is 525.